The van der Waals surface area contributed by atoms with Gasteiger partial charge in [0.1, 0.15) is 10.9 Å². The minimum atomic E-state index is -0.592. The van der Waals surface area contributed by atoms with Crippen molar-refractivity contribution in [2.24, 2.45) is 5.92 Å². The molecule has 28 heavy (non-hydrogen) atoms. The summed E-state index contributed by atoms with van der Waals surface area (Å²) in [5, 5.41) is 3.90. The number of aromatic nitrogens is 1. The minimum absolute atomic E-state index is 0.0134. The van der Waals surface area contributed by atoms with Gasteiger partial charge >= 0.3 is 6.03 Å². The Hall–Kier alpha value is -2.15. The molecule has 1 aromatic carbocycles. The summed E-state index contributed by atoms with van der Waals surface area (Å²) in [4.78, 5) is 41.9. The van der Waals surface area contributed by atoms with E-state index in [0.717, 1.165) is 10.5 Å². The molecular weight excluding hydrogens is 425 g/mol. The molecule has 3 amide bonds. The summed E-state index contributed by atoms with van der Waals surface area (Å²) in [7, 11) is 0. The average Bonchev–Trinajstić information content (AvgIpc) is 3.04. The molecule has 1 atom stereocenters. The first-order valence-electron chi connectivity index (χ1n) is 8.53. The van der Waals surface area contributed by atoms with Crippen LogP contribution in [0.2, 0.25) is 15.2 Å². The molecule has 1 aromatic heterocycles. The number of anilines is 1. The first-order valence-corrected chi connectivity index (χ1v) is 9.66. The molecule has 0 spiro atoms. The van der Waals surface area contributed by atoms with Gasteiger partial charge in [0, 0.05) is 35.3 Å². The molecule has 3 rings (SSSR count). The first kappa shape index (κ1) is 20.6. The van der Waals surface area contributed by atoms with Crippen molar-refractivity contribution in [3.05, 3.63) is 57.3 Å². The number of likely N-dealkylation sites (tertiary alicyclic amines) is 1. The van der Waals surface area contributed by atoms with Gasteiger partial charge < -0.3 is 5.32 Å². The quantitative estimate of drug-likeness (QED) is 0.688. The van der Waals surface area contributed by atoms with Crippen LogP contribution in [0, 0.1) is 5.92 Å². The molecule has 1 saturated heterocycles. The van der Waals surface area contributed by atoms with Crippen LogP contribution < -0.4 is 5.32 Å². The van der Waals surface area contributed by atoms with Crippen LogP contribution in [0.4, 0.5) is 10.5 Å². The number of hydrogen-bond acceptors (Lipinski definition) is 4. The third kappa shape index (κ3) is 5.01. The Labute approximate surface area is 176 Å². The molecular formula is C19H16Cl3N3O3. The Morgan fingerprint density at radius 1 is 1.18 bits per heavy atom. The average molecular weight is 441 g/mol. The number of nitrogens with one attached hydrogen (secondary N) is 1. The zero-order valence-electron chi connectivity index (χ0n) is 14.6. The minimum Gasteiger partial charge on any atom is -0.306 e. The number of hydrogen-bond donors (Lipinski definition) is 1. The van der Waals surface area contributed by atoms with Crippen molar-refractivity contribution in [1.82, 2.24) is 9.88 Å². The molecule has 1 aliphatic heterocycles. The lowest BCUT2D eigenvalue weighted by Crippen LogP contribution is -2.36. The number of pyridine rings is 1. The Bertz CT molecular complexity index is 918. The summed E-state index contributed by atoms with van der Waals surface area (Å²) < 4.78 is 0. The molecule has 0 aliphatic carbocycles. The highest BCUT2D eigenvalue weighted by Gasteiger charge is 2.37. The van der Waals surface area contributed by atoms with E-state index in [1.807, 2.05) is 0 Å². The number of Topliss-reactive ketones (excluding diaryl/α,β-unsaturated/α-hetero) is 1. The van der Waals surface area contributed by atoms with E-state index in [9.17, 15) is 14.4 Å². The highest BCUT2D eigenvalue weighted by molar-refractivity contribution is 6.35. The van der Waals surface area contributed by atoms with Gasteiger partial charge in [-0.1, -0.05) is 40.9 Å². The lowest BCUT2D eigenvalue weighted by Gasteiger charge is -2.15. The first-order chi connectivity index (χ1) is 13.3. The third-order valence-corrected chi connectivity index (χ3v) is 5.27. The fraction of sp³-hybridized carbons (Fsp3) is 0.263. The van der Waals surface area contributed by atoms with Gasteiger partial charge in [-0.2, -0.15) is 0 Å². The van der Waals surface area contributed by atoms with E-state index in [1.165, 1.54) is 12.3 Å². The van der Waals surface area contributed by atoms with Crippen LogP contribution in [0.5, 0.6) is 0 Å². The van der Waals surface area contributed by atoms with E-state index in [-0.39, 0.29) is 31.1 Å². The van der Waals surface area contributed by atoms with E-state index in [1.54, 1.807) is 24.3 Å². The Kier molecular flexibility index (Phi) is 6.54. The fourth-order valence-corrected chi connectivity index (χ4v) is 3.56. The molecule has 1 unspecified atom stereocenters. The maximum atomic E-state index is 12.5. The van der Waals surface area contributed by atoms with E-state index >= 15 is 0 Å². The number of aryl methyl sites for hydroxylation is 1. The maximum absolute atomic E-state index is 12.5. The maximum Gasteiger partial charge on any atom is 0.328 e. The molecule has 2 heterocycles. The summed E-state index contributed by atoms with van der Waals surface area (Å²) >= 11 is 17.7. The second-order valence-electron chi connectivity index (χ2n) is 6.41. The number of amides is 3. The van der Waals surface area contributed by atoms with E-state index < -0.39 is 11.9 Å². The summed E-state index contributed by atoms with van der Waals surface area (Å²) in [6.45, 7) is 0.0544. The summed E-state index contributed by atoms with van der Waals surface area (Å²) in [6.07, 6.45) is 2.08. The van der Waals surface area contributed by atoms with Crippen molar-refractivity contribution in [2.45, 2.75) is 19.3 Å². The second kappa shape index (κ2) is 8.90. The van der Waals surface area contributed by atoms with Gasteiger partial charge in [-0.3, -0.25) is 14.5 Å². The smallest absolute Gasteiger partial charge is 0.306 e. The molecule has 9 heteroatoms. The standard InChI is InChI=1S/C19H16Cl3N3O3/c20-13-3-1-11(15(21)8-13)2-5-16(26)12-7-18(27)25(10-12)19(28)24-14-4-6-17(22)23-9-14/h1,3-4,6,8-9,12H,2,5,7,10H2,(H,24,28). The van der Waals surface area contributed by atoms with Crippen molar-refractivity contribution >= 4 is 58.2 Å². The van der Waals surface area contributed by atoms with Crippen LogP contribution in [0.1, 0.15) is 18.4 Å². The lowest BCUT2D eigenvalue weighted by molar-refractivity contribution is -0.126. The van der Waals surface area contributed by atoms with Gasteiger partial charge in [-0.15, -0.1) is 0 Å². The molecule has 2 aromatic rings. The SMILES string of the molecule is O=C(CCc1ccc(Cl)cc1Cl)C1CC(=O)N(C(=O)Nc2ccc(Cl)nc2)C1. The molecule has 1 aliphatic rings. The zero-order chi connectivity index (χ0) is 20.3. The molecule has 6 nitrogen and oxygen atoms in total. The molecule has 1 fully saturated rings. The van der Waals surface area contributed by atoms with Crippen LogP contribution in [0.25, 0.3) is 0 Å². The van der Waals surface area contributed by atoms with Gasteiger partial charge in [-0.25, -0.2) is 9.78 Å². The Balaban J connectivity index is 1.56. The van der Waals surface area contributed by atoms with Crippen LogP contribution in [-0.4, -0.2) is 34.2 Å². The topological polar surface area (TPSA) is 79.4 Å². The predicted molar refractivity (Wildman–Crippen MR) is 108 cm³/mol. The van der Waals surface area contributed by atoms with Gasteiger partial charge in [0.2, 0.25) is 5.91 Å². The van der Waals surface area contributed by atoms with Crippen LogP contribution in [0.15, 0.2) is 36.5 Å². The number of carbonyl (C=O) groups is 3. The van der Waals surface area contributed by atoms with Gasteiger partial charge in [0.25, 0.3) is 0 Å². The van der Waals surface area contributed by atoms with Crippen LogP contribution >= 0.6 is 34.8 Å². The monoisotopic (exact) mass is 439 g/mol. The van der Waals surface area contributed by atoms with Gasteiger partial charge in [-0.05, 0) is 36.2 Å². The summed E-state index contributed by atoms with van der Waals surface area (Å²) in [5.74, 6) is -0.988. The van der Waals surface area contributed by atoms with Crippen LogP contribution in [0.3, 0.4) is 0 Å². The van der Waals surface area contributed by atoms with Crippen molar-refractivity contribution in [3.63, 3.8) is 0 Å². The van der Waals surface area contributed by atoms with Gasteiger partial charge in [0.15, 0.2) is 0 Å². The number of nitrogens with zero attached hydrogens (tertiary/aromatic N) is 2. The number of halogens is 3. The Morgan fingerprint density at radius 2 is 1.96 bits per heavy atom. The Morgan fingerprint density at radius 3 is 2.64 bits per heavy atom. The fourth-order valence-electron chi connectivity index (χ4n) is 2.95. The van der Waals surface area contributed by atoms with Crippen molar-refractivity contribution in [3.8, 4) is 0 Å². The molecule has 0 saturated carbocycles. The normalized spacial score (nSPS) is 16.3. The molecule has 146 valence electrons. The summed E-state index contributed by atoms with van der Waals surface area (Å²) in [6, 6.07) is 7.62. The number of urea groups is 1. The number of carbonyl (C=O) groups excluding carboxylic acids is 3. The van der Waals surface area contributed by atoms with Crippen molar-refractivity contribution < 1.29 is 14.4 Å². The summed E-state index contributed by atoms with van der Waals surface area (Å²) in [5.41, 5.74) is 1.22. The largest absolute Gasteiger partial charge is 0.328 e. The third-order valence-electron chi connectivity index (χ3n) is 4.46. The molecule has 1 N–H and O–H groups in total. The van der Waals surface area contributed by atoms with Crippen molar-refractivity contribution in [2.75, 3.05) is 11.9 Å². The van der Waals surface area contributed by atoms with E-state index in [4.69, 9.17) is 34.8 Å². The zero-order valence-corrected chi connectivity index (χ0v) is 16.9. The van der Waals surface area contributed by atoms with Gasteiger partial charge in [0.05, 0.1) is 11.9 Å². The molecule has 0 bridgehead atoms. The van der Waals surface area contributed by atoms with E-state index in [2.05, 4.69) is 10.3 Å². The highest BCUT2D eigenvalue weighted by atomic mass is 35.5. The number of benzene rings is 1. The molecule has 0 radical (unpaired) electrons. The predicted octanol–water partition coefficient (Wildman–Crippen LogP) is 4.62. The second-order valence-corrected chi connectivity index (χ2v) is 7.64. The number of imide groups is 1. The number of ketones is 1. The van der Waals surface area contributed by atoms with E-state index in [0.29, 0.717) is 27.3 Å². The lowest BCUT2D eigenvalue weighted by atomic mass is 9.97. The van der Waals surface area contributed by atoms with Crippen molar-refractivity contribution in [1.29, 1.82) is 0 Å². The van der Waals surface area contributed by atoms with Crippen LogP contribution in [-0.2, 0) is 16.0 Å². The highest BCUT2D eigenvalue weighted by Crippen LogP contribution is 2.25. The number of rotatable bonds is 5.